The Bertz CT molecular complexity index is 1020. The lowest BCUT2D eigenvalue weighted by Gasteiger charge is -2.11. The number of benzene rings is 2. The zero-order chi connectivity index (χ0) is 23.7. The zero-order valence-electron chi connectivity index (χ0n) is 17.6. The van der Waals surface area contributed by atoms with Gasteiger partial charge in [-0.3, -0.25) is 19.2 Å². The number of amides is 2. The summed E-state index contributed by atoms with van der Waals surface area (Å²) >= 11 is 0. The predicted molar refractivity (Wildman–Crippen MR) is 112 cm³/mol. The van der Waals surface area contributed by atoms with E-state index in [2.05, 4.69) is 10.6 Å². The molecule has 0 aliphatic heterocycles. The molecule has 32 heavy (non-hydrogen) atoms. The van der Waals surface area contributed by atoms with Crippen molar-refractivity contribution in [2.45, 2.75) is 39.8 Å². The highest BCUT2D eigenvalue weighted by Gasteiger charge is 2.12. The molecule has 0 atom stereocenters. The molecule has 10 nitrogen and oxygen atoms in total. The van der Waals surface area contributed by atoms with Crippen LogP contribution in [0.15, 0.2) is 36.4 Å². The van der Waals surface area contributed by atoms with Gasteiger partial charge in [-0.15, -0.1) is 0 Å². The third kappa shape index (κ3) is 7.98. The molecular weight excluding hydrogens is 420 g/mol. The van der Waals surface area contributed by atoms with Crippen molar-refractivity contribution in [2.75, 3.05) is 0 Å². The first-order valence-corrected chi connectivity index (χ1v) is 9.68. The second kappa shape index (κ2) is 11.3. The van der Waals surface area contributed by atoms with Crippen molar-refractivity contribution in [3.8, 4) is 23.0 Å². The number of rotatable bonds is 9. The quantitative estimate of drug-likeness (QED) is 0.259. The van der Waals surface area contributed by atoms with Crippen molar-refractivity contribution in [1.82, 2.24) is 10.6 Å². The van der Waals surface area contributed by atoms with Gasteiger partial charge in [-0.05, 0) is 35.4 Å². The lowest BCUT2D eigenvalue weighted by atomic mass is 10.2. The van der Waals surface area contributed by atoms with E-state index < -0.39 is 11.9 Å². The first kappa shape index (κ1) is 24.2. The number of hydrogen-bond donors (Lipinski definition) is 4. The Morgan fingerprint density at radius 1 is 0.719 bits per heavy atom. The van der Waals surface area contributed by atoms with Crippen molar-refractivity contribution < 1.29 is 38.9 Å². The van der Waals surface area contributed by atoms with Gasteiger partial charge in [0.05, 0.1) is 0 Å². The van der Waals surface area contributed by atoms with E-state index in [1.165, 1.54) is 38.1 Å². The molecule has 0 saturated carbocycles. The molecule has 2 amide bonds. The predicted octanol–water partition coefficient (Wildman–Crippen LogP) is 1.66. The summed E-state index contributed by atoms with van der Waals surface area (Å²) < 4.78 is 10.0. The minimum Gasteiger partial charge on any atom is -0.504 e. The van der Waals surface area contributed by atoms with Crippen LogP contribution in [0.2, 0.25) is 0 Å². The van der Waals surface area contributed by atoms with E-state index >= 15 is 0 Å². The average molecular weight is 444 g/mol. The topological polar surface area (TPSA) is 151 Å². The summed E-state index contributed by atoms with van der Waals surface area (Å²) in [5, 5.41) is 24.0. The van der Waals surface area contributed by atoms with E-state index in [9.17, 15) is 29.4 Å². The van der Waals surface area contributed by atoms with E-state index in [1.807, 2.05) is 0 Å². The monoisotopic (exact) mass is 444 g/mol. The Morgan fingerprint density at radius 3 is 1.75 bits per heavy atom. The number of hydrogen-bond acceptors (Lipinski definition) is 8. The van der Waals surface area contributed by atoms with Gasteiger partial charge in [0.2, 0.25) is 11.8 Å². The van der Waals surface area contributed by atoms with E-state index in [0.717, 1.165) is 0 Å². The molecule has 10 heteroatoms. The first-order chi connectivity index (χ1) is 15.1. The number of aromatic hydroxyl groups is 2. The standard InChI is InChI=1S/C22H24N2O8/c1-13(25)31-19-6-4-16(10-20(19)32-14(2)26)12-24-22(30)8-7-21(29)23-11-15-3-5-17(27)18(28)9-15/h3-6,9-10,27-28H,7-8,11-12H2,1-2H3,(H,23,29)(H,24,30). The molecule has 2 aromatic carbocycles. The third-order valence-electron chi connectivity index (χ3n) is 4.11. The van der Waals surface area contributed by atoms with Crippen LogP contribution in [0, 0.1) is 0 Å². The summed E-state index contributed by atoms with van der Waals surface area (Å²) in [5.41, 5.74) is 1.20. The summed E-state index contributed by atoms with van der Waals surface area (Å²) in [7, 11) is 0. The maximum absolute atomic E-state index is 12.0. The minimum absolute atomic E-state index is 0.0417. The maximum atomic E-state index is 12.0. The van der Waals surface area contributed by atoms with Crippen molar-refractivity contribution in [3.63, 3.8) is 0 Å². The molecule has 0 spiro atoms. The summed E-state index contributed by atoms with van der Waals surface area (Å²) in [5.74, 6) is -2.27. The van der Waals surface area contributed by atoms with Gasteiger partial charge in [-0.2, -0.15) is 0 Å². The van der Waals surface area contributed by atoms with Crippen molar-refractivity contribution in [2.24, 2.45) is 0 Å². The number of phenolic OH excluding ortho intramolecular Hbond substituents is 2. The van der Waals surface area contributed by atoms with E-state index in [0.29, 0.717) is 11.1 Å². The highest BCUT2D eigenvalue weighted by molar-refractivity contribution is 5.83. The largest absolute Gasteiger partial charge is 0.504 e. The Labute approximate surface area is 184 Å². The highest BCUT2D eigenvalue weighted by Crippen LogP contribution is 2.29. The van der Waals surface area contributed by atoms with Crippen LogP contribution < -0.4 is 20.1 Å². The second-order valence-corrected chi connectivity index (χ2v) is 6.84. The summed E-state index contributed by atoms with van der Waals surface area (Å²) in [6, 6.07) is 8.73. The molecule has 0 saturated heterocycles. The Balaban J connectivity index is 1.81. The maximum Gasteiger partial charge on any atom is 0.308 e. The molecule has 2 aromatic rings. The number of nitrogens with one attached hydrogen (secondary N) is 2. The molecule has 0 heterocycles. The number of phenols is 2. The van der Waals surface area contributed by atoms with E-state index in [1.54, 1.807) is 12.1 Å². The molecule has 0 bridgehead atoms. The lowest BCUT2D eigenvalue weighted by molar-refractivity contribution is -0.134. The molecule has 4 N–H and O–H groups in total. The lowest BCUT2D eigenvalue weighted by Crippen LogP contribution is -2.27. The van der Waals surface area contributed by atoms with Gasteiger partial charge in [0.15, 0.2) is 23.0 Å². The number of ether oxygens (including phenoxy) is 2. The fraction of sp³-hybridized carbons (Fsp3) is 0.273. The fourth-order valence-electron chi connectivity index (χ4n) is 2.62. The number of carbonyl (C=O) groups excluding carboxylic acids is 4. The molecule has 170 valence electrons. The SMILES string of the molecule is CC(=O)Oc1ccc(CNC(=O)CCC(=O)NCc2ccc(O)c(O)c2)cc1OC(C)=O. The molecule has 0 aromatic heterocycles. The number of esters is 2. The summed E-state index contributed by atoms with van der Waals surface area (Å²) in [6.45, 7) is 2.68. The Kier molecular flexibility index (Phi) is 8.58. The number of carbonyl (C=O) groups is 4. The van der Waals surface area contributed by atoms with Crippen LogP contribution in [0.5, 0.6) is 23.0 Å². The molecule has 2 rings (SSSR count). The first-order valence-electron chi connectivity index (χ1n) is 9.68. The third-order valence-corrected chi connectivity index (χ3v) is 4.11. The van der Waals surface area contributed by atoms with Gasteiger partial charge < -0.3 is 30.3 Å². The average Bonchev–Trinajstić information content (AvgIpc) is 2.72. The highest BCUT2D eigenvalue weighted by atomic mass is 16.6. The molecule has 0 fully saturated rings. The Hall–Kier alpha value is -4.08. The normalized spacial score (nSPS) is 10.2. The summed E-state index contributed by atoms with van der Waals surface area (Å²) in [4.78, 5) is 46.4. The van der Waals surface area contributed by atoms with Gasteiger partial charge >= 0.3 is 11.9 Å². The van der Waals surface area contributed by atoms with E-state index in [-0.39, 0.29) is 60.7 Å². The Morgan fingerprint density at radius 2 is 1.22 bits per heavy atom. The van der Waals surface area contributed by atoms with E-state index in [4.69, 9.17) is 9.47 Å². The van der Waals surface area contributed by atoms with Crippen molar-refractivity contribution in [3.05, 3.63) is 47.5 Å². The fourth-order valence-corrected chi connectivity index (χ4v) is 2.62. The van der Waals surface area contributed by atoms with Crippen LogP contribution in [0.1, 0.15) is 37.8 Å². The minimum atomic E-state index is -0.590. The molecule has 0 unspecified atom stereocenters. The van der Waals surface area contributed by atoms with Crippen molar-refractivity contribution >= 4 is 23.8 Å². The van der Waals surface area contributed by atoms with Crippen LogP contribution in [-0.4, -0.2) is 34.0 Å². The van der Waals surface area contributed by atoms with Crippen LogP contribution in [0.4, 0.5) is 0 Å². The zero-order valence-corrected chi connectivity index (χ0v) is 17.6. The molecule has 0 radical (unpaired) electrons. The van der Waals surface area contributed by atoms with Crippen LogP contribution in [0.25, 0.3) is 0 Å². The van der Waals surface area contributed by atoms with Gasteiger partial charge in [-0.25, -0.2) is 0 Å². The molecule has 0 aliphatic carbocycles. The summed E-state index contributed by atoms with van der Waals surface area (Å²) in [6.07, 6.45) is -0.0883. The van der Waals surface area contributed by atoms with Gasteiger partial charge in [0.1, 0.15) is 0 Å². The van der Waals surface area contributed by atoms with Crippen molar-refractivity contribution in [1.29, 1.82) is 0 Å². The van der Waals surface area contributed by atoms with Crippen LogP contribution in [0.3, 0.4) is 0 Å². The van der Waals surface area contributed by atoms with Gasteiger partial charge in [0, 0.05) is 39.8 Å². The van der Waals surface area contributed by atoms with Crippen LogP contribution in [-0.2, 0) is 32.3 Å². The molecular formula is C22H24N2O8. The smallest absolute Gasteiger partial charge is 0.308 e. The van der Waals surface area contributed by atoms with Gasteiger partial charge in [-0.1, -0.05) is 12.1 Å². The molecule has 0 aliphatic rings. The van der Waals surface area contributed by atoms with Gasteiger partial charge in [0.25, 0.3) is 0 Å². The van der Waals surface area contributed by atoms with Crippen LogP contribution >= 0.6 is 0 Å². The second-order valence-electron chi connectivity index (χ2n) is 6.84.